The third-order valence-electron chi connectivity index (χ3n) is 8.39. The number of methoxy groups -OCH3 is 1. The van der Waals surface area contributed by atoms with Gasteiger partial charge in [0.15, 0.2) is 5.60 Å². The van der Waals surface area contributed by atoms with Crippen molar-refractivity contribution in [3.8, 4) is 5.75 Å². The normalized spacial score (nSPS) is 41.6. The molecule has 2 heterocycles. The van der Waals surface area contributed by atoms with E-state index in [1.807, 2.05) is 6.08 Å². The van der Waals surface area contributed by atoms with Crippen LogP contribution in [0.15, 0.2) is 53.6 Å². The lowest BCUT2D eigenvalue weighted by Gasteiger charge is -2.58. The second-order valence-electron chi connectivity index (χ2n) is 9.56. The Morgan fingerprint density at radius 1 is 1.28 bits per heavy atom. The Morgan fingerprint density at radius 2 is 2.09 bits per heavy atom. The summed E-state index contributed by atoms with van der Waals surface area (Å²) < 4.78 is 11.9. The molecule has 0 saturated carbocycles. The van der Waals surface area contributed by atoms with Gasteiger partial charge in [0.25, 0.3) is 5.69 Å². The standard InChI is InChI=1S/C24H26N2O6/c1-25-10-9-23-15-6-7-19(27)22(23)32-24(16-5-4-14(31-2)12-18(16)26(29)30)20(28)8-3-13(21(23)24)11-17(15)25/h3-8,12,15,17,19-20,22,27-28H,9-11H2,1-2H3/t15-,17+,19-,20?,22-,23-,24?/m0/s1. The highest BCUT2D eigenvalue weighted by atomic mass is 16.6. The third-order valence-corrected chi connectivity index (χ3v) is 8.39. The molecule has 1 aromatic rings. The maximum Gasteiger partial charge on any atom is 0.279 e. The predicted molar refractivity (Wildman–Crippen MR) is 115 cm³/mol. The zero-order valence-corrected chi connectivity index (χ0v) is 18.0. The first kappa shape index (κ1) is 20.1. The van der Waals surface area contributed by atoms with E-state index in [1.165, 1.54) is 13.2 Å². The van der Waals surface area contributed by atoms with Crippen LogP contribution in [0.2, 0.25) is 0 Å². The number of nitrogens with zero attached hydrogens (tertiary/aromatic N) is 2. The molecule has 0 radical (unpaired) electrons. The number of hydrogen-bond acceptors (Lipinski definition) is 7. The Hall–Kier alpha value is -2.52. The van der Waals surface area contributed by atoms with E-state index in [9.17, 15) is 20.3 Å². The van der Waals surface area contributed by atoms with Crippen molar-refractivity contribution in [1.82, 2.24) is 4.90 Å². The van der Waals surface area contributed by atoms with Crippen LogP contribution in [-0.4, -0.2) is 65.1 Å². The number of hydrogen-bond donors (Lipinski definition) is 2. The van der Waals surface area contributed by atoms with Gasteiger partial charge in [0.2, 0.25) is 0 Å². The highest BCUT2D eigenvalue weighted by Gasteiger charge is 2.72. The number of nitro benzene ring substituents is 1. The number of ether oxygens (including phenoxy) is 2. The Kier molecular flexibility index (Phi) is 4.09. The van der Waals surface area contributed by atoms with Crippen LogP contribution in [0.4, 0.5) is 5.69 Å². The SMILES string of the molecule is COc1ccc(C23O[C@H]4[C@@H](O)C=C[C@H]5[C@H]6CC(=C2[C@]54CCN6C)C=CC3O)c([N+](=O)[O-])c1. The minimum absolute atomic E-state index is 0.103. The monoisotopic (exact) mass is 438 g/mol. The molecule has 32 heavy (non-hydrogen) atoms. The number of aliphatic hydroxyl groups is 2. The van der Waals surface area contributed by atoms with Gasteiger partial charge in [-0.3, -0.25) is 10.1 Å². The summed E-state index contributed by atoms with van der Waals surface area (Å²) in [6.45, 7) is 0.832. The molecule has 168 valence electrons. The zero-order chi connectivity index (χ0) is 22.4. The van der Waals surface area contributed by atoms with Gasteiger partial charge < -0.3 is 24.6 Å². The average molecular weight is 438 g/mol. The van der Waals surface area contributed by atoms with Crippen molar-refractivity contribution >= 4 is 5.69 Å². The van der Waals surface area contributed by atoms with E-state index in [0.717, 1.165) is 30.5 Å². The molecule has 6 rings (SSSR count). The Balaban J connectivity index is 1.67. The molecule has 0 amide bonds. The van der Waals surface area contributed by atoms with Crippen LogP contribution in [-0.2, 0) is 10.3 Å². The van der Waals surface area contributed by atoms with Gasteiger partial charge in [0, 0.05) is 17.4 Å². The van der Waals surface area contributed by atoms with Crippen molar-refractivity contribution < 1.29 is 24.6 Å². The van der Waals surface area contributed by atoms with E-state index in [0.29, 0.717) is 11.3 Å². The van der Waals surface area contributed by atoms with Gasteiger partial charge >= 0.3 is 0 Å². The fourth-order valence-corrected chi connectivity index (χ4v) is 7.12. The summed E-state index contributed by atoms with van der Waals surface area (Å²) >= 11 is 0. The molecule has 8 nitrogen and oxygen atoms in total. The maximum atomic E-state index is 12.1. The highest BCUT2D eigenvalue weighted by Crippen LogP contribution is 2.69. The zero-order valence-electron chi connectivity index (χ0n) is 18.0. The molecule has 2 unspecified atom stereocenters. The minimum Gasteiger partial charge on any atom is -0.497 e. The summed E-state index contributed by atoms with van der Waals surface area (Å²) in [6, 6.07) is 4.93. The number of aliphatic hydroxyl groups excluding tert-OH is 2. The number of rotatable bonds is 3. The molecule has 0 aromatic heterocycles. The van der Waals surface area contributed by atoms with Crippen LogP contribution >= 0.6 is 0 Å². The Labute approximate surface area is 185 Å². The summed E-state index contributed by atoms with van der Waals surface area (Å²) in [6.07, 6.45) is 6.48. The van der Waals surface area contributed by atoms with Gasteiger partial charge in [-0.05, 0) is 49.7 Å². The second kappa shape index (κ2) is 6.51. The first-order chi connectivity index (χ1) is 15.3. The van der Waals surface area contributed by atoms with E-state index in [2.05, 4.69) is 18.0 Å². The molecule has 2 fully saturated rings. The molecule has 7 atom stereocenters. The first-order valence-corrected chi connectivity index (χ1v) is 11.0. The Morgan fingerprint density at radius 3 is 2.84 bits per heavy atom. The van der Waals surface area contributed by atoms with Gasteiger partial charge in [-0.1, -0.05) is 24.3 Å². The summed E-state index contributed by atoms with van der Waals surface area (Å²) in [5.74, 6) is 0.467. The van der Waals surface area contributed by atoms with Crippen molar-refractivity contribution in [3.05, 3.63) is 69.3 Å². The molecule has 2 saturated heterocycles. The fraction of sp³-hybridized carbons (Fsp3) is 0.500. The molecule has 1 aromatic carbocycles. The molecule has 2 N–H and O–H groups in total. The van der Waals surface area contributed by atoms with Gasteiger partial charge in [-0.2, -0.15) is 0 Å². The largest absolute Gasteiger partial charge is 0.497 e. The fourth-order valence-electron chi connectivity index (χ4n) is 7.12. The van der Waals surface area contributed by atoms with E-state index in [4.69, 9.17) is 9.47 Å². The molecule has 5 aliphatic rings. The van der Waals surface area contributed by atoms with Crippen LogP contribution in [0.5, 0.6) is 5.75 Å². The molecule has 2 aliphatic heterocycles. The minimum atomic E-state index is -1.42. The van der Waals surface area contributed by atoms with Gasteiger partial charge in [0.05, 0.1) is 35.9 Å². The number of nitro groups is 1. The van der Waals surface area contributed by atoms with Crippen LogP contribution in [0.3, 0.4) is 0 Å². The van der Waals surface area contributed by atoms with Crippen LogP contribution in [0.1, 0.15) is 18.4 Å². The summed E-state index contributed by atoms with van der Waals surface area (Å²) in [7, 11) is 3.58. The van der Waals surface area contributed by atoms with Crippen molar-refractivity contribution in [1.29, 1.82) is 0 Å². The number of piperidine rings is 1. The second-order valence-corrected chi connectivity index (χ2v) is 9.56. The van der Waals surface area contributed by atoms with Crippen molar-refractivity contribution in [3.63, 3.8) is 0 Å². The Bertz CT molecular complexity index is 1110. The third kappa shape index (κ3) is 2.21. The average Bonchev–Trinajstić information content (AvgIpc) is 3.11. The molecule has 2 bridgehead atoms. The smallest absolute Gasteiger partial charge is 0.279 e. The number of benzene rings is 1. The summed E-state index contributed by atoms with van der Waals surface area (Å²) in [4.78, 5) is 14.0. The highest BCUT2D eigenvalue weighted by molar-refractivity contribution is 5.61. The lowest BCUT2D eigenvalue weighted by atomic mass is 9.50. The summed E-state index contributed by atoms with van der Waals surface area (Å²) in [5, 5.41) is 34.6. The van der Waals surface area contributed by atoms with Crippen molar-refractivity contribution in [2.45, 2.75) is 42.8 Å². The summed E-state index contributed by atoms with van der Waals surface area (Å²) in [5.41, 5.74) is 0.178. The van der Waals surface area contributed by atoms with Crippen LogP contribution in [0, 0.1) is 21.4 Å². The number of allylic oxidation sites excluding steroid dienone is 1. The lowest BCUT2D eigenvalue weighted by molar-refractivity contribution is -0.387. The van der Waals surface area contributed by atoms with Crippen LogP contribution < -0.4 is 4.74 Å². The van der Waals surface area contributed by atoms with Crippen molar-refractivity contribution in [2.24, 2.45) is 11.3 Å². The number of likely N-dealkylation sites (tertiary alicyclic amines) is 1. The topological polar surface area (TPSA) is 105 Å². The van der Waals surface area contributed by atoms with Gasteiger partial charge in [0.1, 0.15) is 11.9 Å². The van der Waals surface area contributed by atoms with Crippen LogP contribution in [0.25, 0.3) is 0 Å². The first-order valence-electron chi connectivity index (χ1n) is 11.0. The van der Waals surface area contributed by atoms with Gasteiger partial charge in [-0.15, -0.1) is 0 Å². The van der Waals surface area contributed by atoms with E-state index in [-0.39, 0.29) is 17.6 Å². The quantitative estimate of drug-likeness (QED) is 0.423. The molecule has 1 spiro atoms. The van der Waals surface area contributed by atoms with E-state index < -0.39 is 34.3 Å². The predicted octanol–water partition coefficient (Wildman–Crippen LogP) is 2.07. The van der Waals surface area contributed by atoms with Gasteiger partial charge in [-0.25, -0.2) is 0 Å². The molecular formula is C24H26N2O6. The molecular weight excluding hydrogens is 412 g/mol. The van der Waals surface area contributed by atoms with E-state index in [1.54, 1.807) is 24.3 Å². The lowest BCUT2D eigenvalue weighted by Crippen LogP contribution is -2.62. The van der Waals surface area contributed by atoms with Crippen molar-refractivity contribution in [2.75, 3.05) is 20.7 Å². The maximum absolute atomic E-state index is 12.1. The van der Waals surface area contributed by atoms with E-state index >= 15 is 0 Å². The molecule has 3 aliphatic carbocycles. The molecule has 8 heteroatoms.